The van der Waals surface area contributed by atoms with Crippen LogP contribution < -0.4 is 10.5 Å². The maximum atomic E-state index is 12.1. The van der Waals surface area contributed by atoms with Gasteiger partial charge in [-0.2, -0.15) is 0 Å². The molecule has 1 aliphatic carbocycles. The third-order valence-corrected chi connectivity index (χ3v) is 4.44. The standard InChI is InChI=1S/C13H15Cl2N3O/c14-8-1-6-12-11(7-8)16-13(19)18(12)10-4-2-9(17-15)3-5-10/h1,6-7,9-10,17H,2-5H2,(H,16,19). The number of fused-ring (bicyclic) bond motifs is 1. The number of nitrogens with zero attached hydrogens (tertiary/aromatic N) is 1. The van der Waals surface area contributed by atoms with Gasteiger partial charge in [-0.25, -0.2) is 9.63 Å². The highest BCUT2D eigenvalue weighted by Gasteiger charge is 2.24. The summed E-state index contributed by atoms with van der Waals surface area (Å²) in [4.78, 5) is 17.8. The van der Waals surface area contributed by atoms with Crippen LogP contribution in [0.4, 0.5) is 0 Å². The summed E-state index contributed by atoms with van der Waals surface area (Å²) in [6.07, 6.45) is 3.89. The van der Waals surface area contributed by atoms with Crippen LogP contribution in [-0.2, 0) is 0 Å². The molecule has 2 aromatic rings. The Morgan fingerprint density at radius 3 is 2.68 bits per heavy atom. The summed E-state index contributed by atoms with van der Waals surface area (Å²) in [5.74, 6) is 0. The Morgan fingerprint density at radius 1 is 1.26 bits per heavy atom. The van der Waals surface area contributed by atoms with Gasteiger partial charge in [0.2, 0.25) is 0 Å². The van der Waals surface area contributed by atoms with Crippen LogP contribution in [0.2, 0.25) is 5.02 Å². The minimum Gasteiger partial charge on any atom is -0.305 e. The first-order chi connectivity index (χ1) is 9.19. The van der Waals surface area contributed by atoms with Crippen molar-refractivity contribution in [1.82, 2.24) is 14.4 Å². The van der Waals surface area contributed by atoms with Crippen molar-refractivity contribution < 1.29 is 0 Å². The van der Waals surface area contributed by atoms with Gasteiger partial charge in [0.25, 0.3) is 0 Å². The van der Waals surface area contributed by atoms with Gasteiger partial charge in [0.1, 0.15) is 0 Å². The molecule has 19 heavy (non-hydrogen) atoms. The Kier molecular flexibility index (Phi) is 3.56. The highest BCUT2D eigenvalue weighted by atomic mass is 35.5. The van der Waals surface area contributed by atoms with E-state index in [0.717, 1.165) is 36.7 Å². The van der Waals surface area contributed by atoms with Gasteiger partial charge in [0.05, 0.1) is 11.0 Å². The summed E-state index contributed by atoms with van der Waals surface area (Å²) >= 11 is 11.6. The van der Waals surface area contributed by atoms with E-state index in [1.54, 1.807) is 6.07 Å². The zero-order valence-electron chi connectivity index (χ0n) is 10.3. The predicted octanol–water partition coefficient (Wildman–Crippen LogP) is 3.21. The van der Waals surface area contributed by atoms with Crippen molar-refractivity contribution in [2.24, 2.45) is 0 Å². The Morgan fingerprint density at radius 2 is 2.00 bits per heavy atom. The quantitative estimate of drug-likeness (QED) is 0.837. The number of H-pyrrole nitrogens is 1. The van der Waals surface area contributed by atoms with E-state index in [2.05, 4.69) is 9.82 Å². The van der Waals surface area contributed by atoms with Crippen LogP contribution in [0.3, 0.4) is 0 Å². The molecule has 0 amide bonds. The first-order valence-electron chi connectivity index (χ1n) is 6.45. The third kappa shape index (κ3) is 2.40. The molecule has 0 spiro atoms. The summed E-state index contributed by atoms with van der Waals surface area (Å²) < 4.78 is 1.86. The lowest BCUT2D eigenvalue weighted by atomic mass is 9.91. The Balaban J connectivity index is 1.97. The van der Waals surface area contributed by atoms with Crippen molar-refractivity contribution in [3.05, 3.63) is 33.7 Å². The fraction of sp³-hybridized carbons (Fsp3) is 0.462. The largest absolute Gasteiger partial charge is 0.326 e. The van der Waals surface area contributed by atoms with Gasteiger partial charge in [-0.05, 0) is 55.7 Å². The van der Waals surface area contributed by atoms with Gasteiger partial charge in [-0.3, -0.25) is 4.57 Å². The number of aromatic amines is 1. The molecule has 0 saturated heterocycles. The summed E-state index contributed by atoms with van der Waals surface area (Å²) in [7, 11) is 0. The lowest BCUT2D eigenvalue weighted by molar-refractivity contribution is 0.314. The molecule has 1 aromatic heterocycles. The summed E-state index contributed by atoms with van der Waals surface area (Å²) in [5.41, 5.74) is 1.67. The first kappa shape index (κ1) is 13.0. The van der Waals surface area contributed by atoms with Crippen LogP contribution in [0.15, 0.2) is 23.0 Å². The molecular weight excluding hydrogens is 285 g/mol. The highest BCUT2D eigenvalue weighted by molar-refractivity contribution is 6.31. The van der Waals surface area contributed by atoms with Crippen molar-refractivity contribution in [3.8, 4) is 0 Å². The Labute approximate surface area is 120 Å². The van der Waals surface area contributed by atoms with E-state index in [4.69, 9.17) is 23.4 Å². The van der Waals surface area contributed by atoms with E-state index in [-0.39, 0.29) is 11.7 Å². The van der Waals surface area contributed by atoms with E-state index in [9.17, 15) is 4.79 Å². The Bertz CT molecular complexity index is 641. The van der Waals surface area contributed by atoms with Gasteiger partial charge < -0.3 is 4.98 Å². The summed E-state index contributed by atoms with van der Waals surface area (Å²) in [6, 6.07) is 6.11. The second-order valence-electron chi connectivity index (χ2n) is 5.08. The third-order valence-electron chi connectivity index (χ3n) is 3.89. The molecule has 6 heteroatoms. The zero-order valence-corrected chi connectivity index (χ0v) is 11.8. The van der Waals surface area contributed by atoms with Gasteiger partial charge in [-0.15, -0.1) is 0 Å². The van der Waals surface area contributed by atoms with E-state index in [1.165, 1.54) is 0 Å². The molecular formula is C13H15Cl2N3O. The Hall–Kier alpha value is -0.970. The molecule has 0 bridgehead atoms. The zero-order chi connectivity index (χ0) is 13.4. The smallest absolute Gasteiger partial charge is 0.305 e. The second-order valence-corrected chi connectivity index (χ2v) is 5.73. The predicted molar refractivity (Wildman–Crippen MR) is 77.9 cm³/mol. The van der Waals surface area contributed by atoms with E-state index < -0.39 is 0 Å². The molecule has 1 aromatic carbocycles. The molecule has 1 fully saturated rings. The molecule has 102 valence electrons. The second kappa shape index (κ2) is 5.19. The van der Waals surface area contributed by atoms with Crippen LogP contribution in [0.1, 0.15) is 31.7 Å². The monoisotopic (exact) mass is 299 g/mol. The molecule has 0 unspecified atom stereocenters. The average molecular weight is 300 g/mol. The minimum atomic E-state index is -0.0560. The number of nitrogens with one attached hydrogen (secondary N) is 2. The molecule has 2 N–H and O–H groups in total. The number of hydrogen-bond acceptors (Lipinski definition) is 2. The van der Waals surface area contributed by atoms with Crippen molar-refractivity contribution in [2.75, 3.05) is 0 Å². The number of aromatic nitrogens is 2. The van der Waals surface area contributed by atoms with Gasteiger partial charge in [0, 0.05) is 17.1 Å². The van der Waals surface area contributed by atoms with E-state index >= 15 is 0 Å². The van der Waals surface area contributed by atoms with Crippen LogP contribution in [-0.4, -0.2) is 15.6 Å². The molecule has 0 aliphatic heterocycles. The van der Waals surface area contributed by atoms with Crippen LogP contribution >= 0.6 is 23.4 Å². The van der Waals surface area contributed by atoms with Crippen molar-refractivity contribution in [2.45, 2.75) is 37.8 Å². The van der Waals surface area contributed by atoms with Crippen molar-refractivity contribution in [1.29, 1.82) is 0 Å². The SMILES string of the molecule is O=c1[nH]c2cc(Cl)ccc2n1C1CCC(NCl)CC1. The lowest BCUT2D eigenvalue weighted by Gasteiger charge is -2.28. The molecule has 4 nitrogen and oxygen atoms in total. The number of rotatable bonds is 2. The number of halogens is 2. The molecule has 3 rings (SSSR count). The number of hydrogen-bond donors (Lipinski definition) is 2. The fourth-order valence-electron chi connectivity index (χ4n) is 2.91. The van der Waals surface area contributed by atoms with E-state index in [0.29, 0.717) is 11.1 Å². The fourth-order valence-corrected chi connectivity index (χ4v) is 3.30. The molecule has 0 atom stereocenters. The van der Waals surface area contributed by atoms with Gasteiger partial charge in [-0.1, -0.05) is 11.6 Å². The average Bonchev–Trinajstić information content (AvgIpc) is 2.74. The summed E-state index contributed by atoms with van der Waals surface area (Å²) in [6.45, 7) is 0. The van der Waals surface area contributed by atoms with Crippen LogP contribution in [0.25, 0.3) is 11.0 Å². The normalized spacial score (nSPS) is 23.9. The van der Waals surface area contributed by atoms with Gasteiger partial charge >= 0.3 is 5.69 Å². The summed E-state index contributed by atoms with van der Waals surface area (Å²) in [5, 5.41) is 0.635. The number of benzene rings is 1. The topological polar surface area (TPSA) is 49.8 Å². The molecule has 1 aliphatic rings. The van der Waals surface area contributed by atoms with Crippen LogP contribution in [0, 0.1) is 0 Å². The maximum absolute atomic E-state index is 12.1. The lowest BCUT2D eigenvalue weighted by Crippen LogP contribution is -2.31. The van der Waals surface area contributed by atoms with Crippen LogP contribution in [0.5, 0.6) is 0 Å². The molecule has 1 saturated carbocycles. The first-order valence-corrected chi connectivity index (χ1v) is 7.20. The molecule has 0 radical (unpaired) electrons. The van der Waals surface area contributed by atoms with Crippen molar-refractivity contribution >= 4 is 34.4 Å². The minimum absolute atomic E-state index is 0.0560. The van der Waals surface area contributed by atoms with Gasteiger partial charge in [0.15, 0.2) is 0 Å². The van der Waals surface area contributed by atoms with E-state index in [1.807, 2.05) is 16.7 Å². The molecule has 1 heterocycles. The maximum Gasteiger partial charge on any atom is 0.326 e. The van der Waals surface area contributed by atoms with Crippen molar-refractivity contribution in [3.63, 3.8) is 0 Å². The number of imidazole rings is 1. The highest BCUT2D eigenvalue weighted by Crippen LogP contribution is 2.30.